The Morgan fingerprint density at radius 1 is 1.23 bits per heavy atom. The van der Waals surface area contributed by atoms with E-state index in [-0.39, 0.29) is 17.9 Å². The number of fused-ring (bicyclic) bond motifs is 4. The molecule has 31 heavy (non-hydrogen) atoms. The molecule has 0 spiro atoms. The number of benzene rings is 1. The molecule has 4 aromatic heterocycles. The average molecular weight is 418 g/mol. The van der Waals surface area contributed by atoms with Crippen LogP contribution in [0.5, 0.6) is 11.8 Å². The van der Waals surface area contributed by atoms with Crippen LogP contribution in [0.25, 0.3) is 27.6 Å². The van der Waals surface area contributed by atoms with Gasteiger partial charge in [-0.05, 0) is 24.1 Å². The Kier molecular flexibility index (Phi) is 3.84. The van der Waals surface area contributed by atoms with Crippen molar-refractivity contribution in [2.75, 3.05) is 18.0 Å². The zero-order chi connectivity index (χ0) is 21.1. The second-order valence-electron chi connectivity index (χ2n) is 7.94. The van der Waals surface area contributed by atoms with Crippen LogP contribution in [0.2, 0.25) is 0 Å². The number of ether oxygens (including phenoxy) is 1. The van der Waals surface area contributed by atoms with Gasteiger partial charge in [0.2, 0.25) is 0 Å². The lowest BCUT2D eigenvalue weighted by molar-refractivity contribution is 0.438. The first-order valence-electron chi connectivity index (χ1n) is 10.0. The molecule has 0 saturated carbocycles. The van der Waals surface area contributed by atoms with E-state index in [1.807, 2.05) is 0 Å². The van der Waals surface area contributed by atoms with Crippen molar-refractivity contribution in [3.8, 4) is 11.8 Å². The van der Waals surface area contributed by atoms with Crippen LogP contribution in [0, 0.1) is 11.7 Å². The van der Waals surface area contributed by atoms with Gasteiger partial charge in [-0.3, -0.25) is 0 Å². The first-order valence-corrected chi connectivity index (χ1v) is 10.0. The van der Waals surface area contributed by atoms with E-state index in [2.05, 4.69) is 31.9 Å². The van der Waals surface area contributed by atoms with Crippen molar-refractivity contribution in [3.63, 3.8) is 0 Å². The van der Waals surface area contributed by atoms with Gasteiger partial charge in [0.25, 0.3) is 0 Å². The number of halogens is 1. The van der Waals surface area contributed by atoms with Crippen molar-refractivity contribution in [1.29, 1.82) is 0 Å². The van der Waals surface area contributed by atoms with E-state index < -0.39 is 0 Å². The third-order valence-corrected chi connectivity index (χ3v) is 5.78. The predicted molar refractivity (Wildman–Crippen MR) is 114 cm³/mol. The number of aromatic amines is 1. The summed E-state index contributed by atoms with van der Waals surface area (Å²) in [6.45, 7) is 3.51. The maximum Gasteiger partial charge on any atom is 0.326 e. The summed E-state index contributed by atoms with van der Waals surface area (Å²) in [5.41, 5.74) is 8.32. The van der Waals surface area contributed by atoms with Crippen LogP contribution in [-0.2, 0) is 0 Å². The first kappa shape index (κ1) is 18.0. The maximum atomic E-state index is 14.0. The number of nitrogens with zero attached hydrogens (tertiary/aromatic N) is 6. The van der Waals surface area contributed by atoms with Gasteiger partial charge in [-0.15, -0.1) is 0 Å². The Balaban J connectivity index is 1.51. The molecule has 10 heteroatoms. The minimum atomic E-state index is -0.315. The highest BCUT2D eigenvalue weighted by molar-refractivity contribution is 6.11. The van der Waals surface area contributed by atoms with E-state index in [0.717, 1.165) is 22.8 Å². The van der Waals surface area contributed by atoms with Crippen LogP contribution >= 0.6 is 0 Å². The van der Waals surface area contributed by atoms with Gasteiger partial charge < -0.3 is 20.4 Å². The van der Waals surface area contributed by atoms with Gasteiger partial charge in [0.05, 0.1) is 24.0 Å². The standard InChI is InChI=1S/C21H19FN8O/c1-11-8-29(10-15(11)23)20-18-14-6-12(22)2-3-16(14)26-19(18)27-21(28-20)31-13-7-24-17-4-5-25-30(17)9-13/h2-7,9,11,15H,8,10,23H2,1H3,(H,26,27,28). The molecular formula is C21H19FN8O. The Bertz CT molecular complexity index is 1430. The predicted octanol–water partition coefficient (Wildman–Crippen LogP) is 2.87. The normalized spacial score (nSPS) is 19.1. The van der Waals surface area contributed by atoms with Gasteiger partial charge in [-0.25, -0.2) is 13.9 Å². The monoisotopic (exact) mass is 418 g/mol. The molecule has 1 fully saturated rings. The van der Waals surface area contributed by atoms with E-state index in [1.165, 1.54) is 12.1 Å². The highest BCUT2D eigenvalue weighted by Crippen LogP contribution is 2.36. The van der Waals surface area contributed by atoms with Crippen molar-refractivity contribution >= 4 is 33.4 Å². The summed E-state index contributed by atoms with van der Waals surface area (Å²) in [6.07, 6.45) is 4.97. The molecule has 2 atom stereocenters. The summed E-state index contributed by atoms with van der Waals surface area (Å²) in [4.78, 5) is 18.9. The number of rotatable bonds is 3. The molecule has 0 radical (unpaired) electrons. The SMILES string of the molecule is CC1CN(c2nc(Oc3cnc4ccnn4c3)nc3[nH]c4ccc(F)cc4c23)CC1N. The molecule has 0 bridgehead atoms. The van der Waals surface area contributed by atoms with Crippen molar-refractivity contribution in [1.82, 2.24) is 29.5 Å². The fraction of sp³-hybridized carbons (Fsp3) is 0.238. The lowest BCUT2D eigenvalue weighted by Crippen LogP contribution is -2.28. The molecule has 1 aliphatic heterocycles. The molecular weight excluding hydrogens is 399 g/mol. The molecule has 3 N–H and O–H groups in total. The number of hydrogen-bond donors (Lipinski definition) is 2. The van der Waals surface area contributed by atoms with Crippen molar-refractivity contribution in [2.24, 2.45) is 11.7 Å². The Morgan fingerprint density at radius 3 is 2.97 bits per heavy atom. The summed E-state index contributed by atoms with van der Waals surface area (Å²) in [5.74, 6) is 1.12. The quantitative estimate of drug-likeness (QED) is 0.463. The highest BCUT2D eigenvalue weighted by atomic mass is 19.1. The van der Waals surface area contributed by atoms with Crippen molar-refractivity contribution in [3.05, 3.63) is 48.7 Å². The van der Waals surface area contributed by atoms with E-state index in [4.69, 9.17) is 15.5 Å². The third-order valence-electron chi connectivity index (χ3n) is 5.78. The highest BCUT2D eigenvalue weighted by Gasteiger charge is 2.30. The summed E-state index contributed by atoms with van der Waals surface area (Å²) >= 11 is 0. The van der Waals surface area contributed by atoms with E-state index in [0.29, 0.717) is 35.3 Å². The number of nitrogens with two attached hydrogens (primary N) is 1. The fourth-order valence-electron chi connectivity index (χ4n) is 4.12. The second-order valence-corrected chi connectivity index (χ2v) is 7.94. The van der Waals surface area contributed by atoms with Crippen LogP contribution in [0.1, 0.15) is 6.92 Å². The molecule has 1 aliphatic rings. The number of nitrogens with one attached hydrogen (secondary N) is 1. The second kappa shape index (κ2) is 6.61. The molecule has 0 aliphatic carbocycles. The lowest BCUT2D eigenvalue weighted by Gasteiger charge is -2.19. The zero-order valence-corrected chi connectivity index (χ0v) is 16.7. The van der Waals surface area contributed by atoms with E-state index in [9.17, 15) is 4.39 Å². The van der Waals surface area contributed by atoms with Gasteiger partial charge in [0, 0.05) is 36.1 Å². The Morgan fingerprint density at radius 2 is 2.13 bits per heavy atom. The number of aromatic nitrogens is 6. The zero-order valence-electron chi connectivity index (χ0n) is 16.7. The lowest BCUT2D eigenvalue weighted by atomic mass is 10.1. The molecule has 9 nitrogen and oxygen atoms in total. The van der Waals surface area contributed by atoms with Gasteiger partial charge in [-0.1, -0.05) is 6.92 Å². The molecule has 5 heterocycles. The van der Waals surface area contributed by atoms with Gasteiger partial charge in [-0.2, -0.15) is 15.1 Å². The summed E-state index contributed by atoms with van der Waals surface area (Å²) in [5, 5.41) is 5.65. The Hall–Kier alpha value is -3.79. The van der Waals surface area contributed by atoms with Crippen LogP contribution in [0.15, 0.2) is 42.9 Å². The van der Waals surface area contributed by atoms with Crippen LogP contribution < -0.4 is 15.4 Å². The van der Waals surface area contributed by atoms with Crippen LogP contribution in [0.4, 0.5) is 10.2 Å². The summed E-state index contributed by atoms with van der Waals surface area (Å²) in [7, 11) is 0. The smallest absolute Gasteiger partial charge is 0.326 e. The molecule has 156 valence electrons. The van der Waals surface area contributed by atoms with E-state index >= 15 is 0 Å². The molecule has 0 amide bonds. The van der Waals surface area contributed by atoms with Gasteiger partial charge in [0.15, 0.2) is 11.4 Å². The topological polar surface area (TPSA) is 110 Å². The minimum absolute atomic E-state index is 0.0303. The minimum Gasteiger partial charge on any atom is -0.421 e. The van der Waals surface area contributed by atoms with Gasteiger partial charge in [0.1, 0.15) is 17.3 Å². The number of anilines is 1. The third kappa shape index (κ3) is 2.95. The van der Waals surface area contributed by atoms with Gasteiger partial charge >= 0.3 is 6.01 Å². The molecule has 5 aromatic rings. The first-order chi connectivity index (χ1) is 15.0. The molecule has 6 rings (SSSR count). The molecule has 1 saturated heterocycles. The van der Waals surface area contributed by atoms with Crippen molar-refractivity contribution < 1.29 is 9.13 Å². The van der Waals surface area contributed by atoms with Crippen molar-refractivity contribution in [2.45, 2.75) is 13.0 Å². The number of H-pyrrole nitrogens is 1. The average Bonchev–Trinajstić information content (AvgIpc) is 3.44. The molecule has 1 aromatic carbocycles. The van der Waals surface area contributed by atoms with Crippen LogP contribution in [0.3, 0.4) is 0 Å². The van der Waals surface area contributed by atoms with Crippen LogP contribution in [-0.4, -0.2) is 48.7 Å². The fourth-order valence-corrected chi connectivity index (χ4v) is 4.12. The number of hydrogen-bond acceptors (Lipinski definition) is 7. The Labute approximate surface area is 175 Å². The maximum absolute atomic E-state index is 14.0. The molecule has 2 unspecified atom stereocenters. The largest absolute Gasteiger partial charge is 0.421 e. The summed E-state index contributed by atoms with van der Waals surface area (Å²) < 4.78 is 21.6. The summed E-state index contributed by atoms with van der Waals surface area (Å²) in [6, 6.07) is 6.60. The van der Waals surface area contributed by atoms with E-state index in [1.54, 1.807) is 35.2 Å².